The first-order chi connectivity index (χ1) is 12.4. The van der Waals surface area contributed by atoms with Crippen molar-refractivity contribution in [3.63, 3.8) is 0 Å². The highest BCUT2D eigenvalue weighted by Crippen LogP contribution is 2.27. The van der Waals surface area contributed by atoms with Gasteiger partial charge in [0.1, 0.15) is 0 Å². The largest absolute Gasteiger partial charge is 0.493 e. The third-order valence-corrected chi connectivity index (χ3v) is 5.25. The van der Waals surface area contributed by atoms with E-state index in [-0.39, 0.29) is 11.4 Å². The van der Waals surface area contributed by atoms with E-state index in [1.54, 1.807) is 43.5 Å². The molecule has 1 amide bonds. The van der Waals surface area contributed by atoms with Crippen LogP contribution in [0.3, 0.4) is 0 Å². The van der Waals surface area contributed by atoms with Gasteiger partial charge in [0.15, 0.2) is 11.5 Å². The Morgan fingerprint density at radius 1 is 1.04 bits per heavy atom. The number of carbonyl (C=O) groups is 1. The van der Waals surface area contributed by atoms with E-state index in [4.69, 9.17) is 9.47 Å². The zero-order valence-corrected chi connectivity index (χ0v) is 15.7. The molecule has 0 bridgehead atoms. The maximum atomic E-state index is 12.3. The van der Waals surface area contributed by atoms with Gasteiger partial charge in [-0.05, 0) is 36.8 Å². The van der Waals surface area contributed by atoms with Gasteiger partial charge in [0.2, 0.25) is 15.9 Å². The number of carbonyl (C=O) groups excluding carboxylic acids is 1. The van der Waals surface area contributed by atoms with E-state index < -0.39 is 22.0 Å². The summed E-state index contributed by atoms with van der Waals surface area (Å²) >= 11 is 0. The molecule has 0 aliphatic rings. The lowest BCUT2D eigenvalue weighted by Crippen LogP contribution is -2.44. The molecule has 140 valence electrons. The molecule has 2 rings (SSSR count). The van der Waals surface area contributed by atoms with Crippen LogP contribution in [0.5, 0.6) is 11.5 Å². The summed E-state index contributed by atoms with van der Waals surface area (Å²) in [6, 6.07) is 12.3. The number of sulfonamides is 1. The minimum atomic E-state index is -3.75. The molecule has 0 saturated carbocycles. The summed E-state index contributed by atoms with van der Waals surface area (Å²) in [7, 11) is -0.685. The Hall–Kier alpha value is -2.58. The monoisotopic (exact) mass is 378 g/mol. The first-order valence-corrected chi connectivity index (χ1v) is 9.41. The normalized spacial score (nSPS) is 12.3. The molecule has 0 fully saturated rings. The zero-order valence-electron chi connectivity index (χ0n) is 14.9. The van der Waals surface area contributed by atoms with E-state index in [1.807, 2.05) is 0 Å². The molecule has 0 aliphatic carbocycles. The number of amides is 1. The van der Waals surface area contributed by atoms with Gasteiger partial charge in [0.05, 0.1) is 25.2 Å². The van der Waals surface area contributed by atoms with Gasteiger partial charge in [-0.25, -0.2) is 8.42 Å². The Balaban J connectivity index is 1.97. The number of rotatable bonds is 8. The highest BCUT2D eigenvalue weighted by atomic mass is 32.2. The molecule has 0 radical (unpaired) electrons. The number of benzene rings is 2. The highest BCUT2D eigenvalue weighted by molar-refractivity contribution is 7.89. The average Bonchev–Trinajstić information content (AvgIpc) is 2.66. The second-order valence-corrected chi connectivity index (χ2v) is 7.28. The van der Waals surface area contributed by atoms with Crippen molar-refractivity contribution in [3.05, 3.63) is 54.1 Å². The number of methoxy groups -OCH3 is 2. The summed E-state index contributed by atoms with van der Waals surface area (Å²) in [6.07, 6.45) is 0. The Bertz CT molecular complexity index is 853. The third-order valence-electron chi connectivity index (χ3n) is 3.69. The van der Waals surface area contributed by atoms with Gasteiger partial charge in [-0.2, -0.15) is 4.72 Å². The predicted molar refractivity (Wildman–Crippen MR) is 97.6 cm³/mol. The van der Waals surface area contributed by atoms with Crippen LogP contribution in [0.2, 0.25) is 0 Å². The number of ether oxygens (including phenoxy) is 2. The molecule has 2 aromatic carbocycles. The molecule has 0 aliphatic heterocycles. The highest BCUT2D eigenvalue weighted by Gasteiger charge is 2.21. The molecule has 1 unspecified atom stereocenters. The molecule has 2 aromatic rings. The van der Waals surface area contributed by atoms with Gasteiger partial charge in [0.25, 0.3) is 0 Å². The molecule has 8 heteroatoms. The Labute approximate surface area is 153 Å². The molecule has 0 aromatic heterocycles. The summed E-state index contributed by atoms with van der Waals surface area (Å²) in [5.41, 5.74) is 0.800. The lowest BCUT2D eigenvalue weighted by atomic mass is 10.2. The van der Waals surface area contributed by atoms with E-state index in [9.17, 15) is 13.2 Å². The van der Waals surface area contributed by atoms with Crippen molar-refractivity contribution >= 4 is 15.9 Å². The molecule has 0 saturated heterocycles. The van der Waals surface area contributed by atoms with Gasteiger partial charge in [-0.1, -0.05) is 24.3 Å². The van der Waals surface area contributed by atoms with Crippen LogP contribution in [-0.2, 0) is 21.4 Å². The van der Waals surface area contributed by atoms with Gasteiger partial charge >= 0.3 is 0 Å². The van der Waals surface area contributed by atoms with Crippen molar-refractivity contribution in [3.8, 4) is 11.5 Å². The lowest BCUT2D eigenvalue weighted by Gasteiger charge is -2.15. The molecule has 26 heavy (non-hydrogen) atoms. The molecule has 1 atom stereocenters. The van der Waals surface area contributed by atoms with Crippen molar-refractivity contribution < 1.29 is 22.7 Å². The quantitative estimate of drug-likeness (QED) is 0.729. The number of nitrogens with one attached hydrogen (secondary N) is 2. The maximum Gasteiger partial charge on any atom is 0.241 e. The second-order valence-electron chi connectivity index (χ2n) is 5.56. The Morgan fingerprint density at radius 2 is 1.69 bits per heavy atom. The molecule has 7 nitrogen and oxygen atoms in total. The minimum absolute atomic E-state index is 0.111. The van der Waals surface area contributed by atoms with Crippen LogP contribution in [0.15, 0.2) is 53.4 Å². The maximum absolute atomic E-state index is 12.3. The molecular weight excluding hydrogens is 356 g/mol. The summed E-state index contributed by atoms with van der Waals surface area (Å²) in [5.74, 6) is 0.711. The molecular formula is C18H22N2O5S. The van der Waals surface area contributed by atoms with E-state index in [0.717, 1.165) is 5.56 Å². The smallest absolute Gasteiger partial charge is 0.241 e. The van der Waals surface area contributed by atoms with Crippen molar-refractivity contribution in [2.24, 2.45) is 0 Å². The van der Waals surface area contributed by atoms with Crippen molar-refractivity contribution in [1.29, 1.82) is 0 Å². The van der Waals surface area contributed by atoms with E-state index in [2.05, 4.69) is 10.0 Å². The summed E-state index contributed by atoms with van der Waals surface area (Å²) in [5, 5.41) is 2.70. The SMILES string of the molecule is COc1ccc(CNC(=O)C(C)NS(=O)(=O)c2ccccc2)cc1OC. The first kappa shape index (κ1) is 19.7. The Kier molecular flexibility index (Phi) is 6.59. The average molecular weight is 378 g/mol. The number of hydrogen-bond acceptors (Lipinski definition) is 5. The fourth-order valence-electron chi connectivity index (χ4n) is 2.29. The summed E-state index contributed by atoms with van der Waals surface area (Å²) < 4.78 is 37.3. The van der Waals surface area contributed by atoms with E-state index in [1.165, 1.54) is 26.2 Å². The van der Waals surface area contributed by atoms with Gasteiger partial charge in [0, 0.05) is 6.54 Å². The summed E-state index contributed by atoms with van der Waals surface area (Å²) in [4.78, 5) is 12.3. The predicted octanol–water partition coefficient (Wildman–Crippen LogP) is 1.69. The zero-order chi connectivity index (χ0) is 19.2. The van der Waals surface area contributed by atoms with Crippen LogP contribution in [0.1, 0.15) is 12.5 Å². The first-order valence-electron chi connectivity index (χ1n) is 7.93. The Morgan fingerprint density at radius 3 is 2.31 bits per heavy atom. The van der Waals surface area contributed by atoms with E-state index >= 15 is 0 Å². The standard InChI is InChI=1S/C18H22N2O5S/c1-13(20-26(22,23)15-7-5-4-6-8-15)18(21)19-12-14-9-10-16(24-2)17(11-14)25-3/h4-11,13,20H,12H2,1-3H3,(H,19,21). The molecule has 0 heterocycles. The van der Waals surface area contributed by atoms with Crippen molar-refractivity contribution in [1.82, 2.24) is 10.0 Å². The van der Waals surface area contributed by atoms with Crippen LogP contribution in [0.4, 0.5) is 0 Å². The number of hydrogen-bond donors (Lipinski definition) is 2. The van der Waals surface area contributed by atoms with E-state index in [0.29, 0.717) is 11.5 Å². The fraction of sp³-hybridized carbons (Fsp3) is 0.278. The van der Waals surface area contributed by atoms with Crippen LogP contribution in [0, 0.1) is 0 Å². The van der Waals surface area contributed by atoms with Crippen LogP contribution in [0.25, 0.3) is 0 Å². The topological polar surface area (TPSA) is 93.7 Å². The van der Waals surface area contributed by atoms with Crippen LogP contribution < -0.4 is 19.5 Å². The van der Waals surface area contributed by atoms with Crippen LogP contribution in [-0.4, -0.2) is 34.6 Å². The summed E-state index contributed by atoms with van der Waals surface area (Å²) in [6.45, 7) is 1.72. The molecule has 2 N–H and O–H groups in total. The minimum Gasteiger partial charge on any atom is -0.493 e. The third kappa shape index (κ3) is 4.96. The lowest BCUT2D eigenvalue weighted by molar-refractivity contribution is -0.122. The van der Waals surface area contributed by atoms with Gasteiger partial charge in [-0.15, -0.1) is 0 Å². The van der Waals surface area contributed by atoms with Crippen molar-refractivity contribution in [2.75, 3.05) is 14.2 Å². The van der Waals surface area contributed by atoms with Gasteiger partial charge in [-0.3, -0.25) is 4.79 Å². The molecule has 0 spiro atoms. The second kappa shape index (κ2) is 8.68. The fourth-order valence-corrected chi connectivity index (χ4v) is 3.51. The van der Waals surface area contributed by atoms with Crippen LogP contribution >= 0.6 is 0 Å². The van der Waals surface area contributed by atoms with Gasteiger partial charge < -0.3 is 14.8 Å². The van der Waals surface area contributed by atoms with Crippen molar-refractivity contribution in [2.45, 2.75) is 24.4 Å².